The summed E-state index contributed by atoms with van der Waals surface area (Å²) in [5, 5.41) is 2.73. The van der Waals surface area contributed by atoms with E-state index in [1.807, 2.05) is 0 Å². The predicted octanol–water partition coefficient (Wildman–Crippen LogP) is 2.22. The van der Waals surface area contributed by atoms with Crippen LogP contribution < -0.4 is 5.32 Å². The van der Waals surface area contributed by atoms with Crippen molar-refractivity contribution in [3.05, 3.63) is 29.8 Å². The average molecular weight is 395 g/mol. The molecule has 8 heteroatoms. The first-order valence-corrected chi connectivity index (χ1v) is 10.7. The van der Waals surface area contributed by atoms with Crippen LogP contribution in [0.15, 0.2) is 24.3 Å². The first-order valence-electron chi connectivity index (χ1n) is 8.92. The zero-order chi connectivity index (χ0) is 20.2. The molecule has 1 saturated heterocycles. The highest BCUT2D eigenvalue weighted by Crippen LogP contribution is 2.22. The Morgan fingerprint density at radius 2 is 1.78 bits per heavy atom. The number of nitrogens with one attached hydrogen (secondary N) is 1. The number of carbonyl (C=O) groups excluding carboxylic acids is 3. The van der Waals surface area contributed by atoms with E-state index in [-0.39, 0.29) is 41.5 Å². The number of carbonyl (C=O) groups is 3. The second-order valence-corrected chi connectivity index (χ2v) is 9.42. The highest BCUT2D eigenvalue weighted by Gasteiger charge is 2.31. The number of ketones is 1. The Balaban J connectivity index is 1.89. The van der Waals surface area contributed by atoms with E-state index < -0.39 is 21.9 Å². The molecule has 1 aromatic rings. The van der Waals surface area contributed by atoms with E-state index >= 15 is 0 Å². The normalized spacial score (nSPS) is 19.5. The van der Waals surface area contributed by atoms with Crippen molar-refractivity contribution in [2.45, 2.75) is 39.7 Å². The summed E-state index contributed by atoms with van der Waals surface area (Å²) in [5.41, 5.74) is 0.943. The number of hydrogen-bond acceptors (Lipinski definition) is 6. The van der Waals surface area contributed by atoms with Gasteiger partial charge in [0.2, 0.25) is 11.7 Å². The maximum absolute atomic E-state index is 12.4. The van der Waals surface area contributed by atoms with E-state index in [4.69, 9.17) is 4.74 Å². The number of Topliss-reactive ketones (excluding diaryl/α,β-unsaturated/α-hetero) is 1. The van der Waals surface area contributed by atoms with Gasteiger partial charge in [0, 0.05) is 23.6 Å². The molecular weight excluding hydrogens is 370 g/mol. The molecule has 2 rings (SSSR count). The van der Waals surface area contributed by atoms with E-state index in [0.717, 1.165) is 0 Å². The highest BCUT2D eigenvalue weighted by molar-refractivity contribution is 7.91. The van der Waals surface area contributed by atoms with E-state index in [9.17, 15) is 22.8 Å². The summed E-state index contributed by atoms with van der Waals surface area (Å²) in [6, 6.07) is 6.36. The van der Waals surface area contributed by atoms with Crippen LogP contribution >= 0.6 is 0 Å². The number of sulfone groups is 1. The third-order valence-corrected chi connectivity index (χ3v) is 6.26. The van der Waals surface area contributed by atoms with E-state index in [2.05, 4.69) is 5.32 Å². The molecule has 27 heavy (non-hydrogen) atoms. The Labute approximate surface area is 159 Å². The largest absolute Gasteiger partial charge is 0.454 e. The lowest BCUT2D eigenvalue weighted by molar-refractivity contribution is -0.147. The predicted molar refractivity (Wildman–Crippen MR) is 101 cm³/mol. The molecule has 1 N–H and O–H groups in total. The maximum atomic E-state index is 12.4. The van der Waals surface area contributed by atoms with Crippen LogP contribution in [0.3, 0.4) is 0 Å². The lowest BCUT2D eigenvalue weighted by Crippen LogP contribution is -2.25. The first-order chi connectivity index (χ1) is 12.6. The zero-order valence-electron chi connectivity index (χ0n) is 15.7. The van der Waals surface area contributed by atoms with Gasteiger partial charge in [-0.15, -0.1) is 0 Å². The molecule has 0 radical (unpaired) electrons. The fourth-order valence-corrected chi connectivity index (χ4v) is 4.67. The summed E-state index contributed by atoms with van der Waals surface area (Å²) in [6.45, 7) is 5.05. The number of esters is 1. The third-order valence-electron chi connectivity index (χ3n) is 4.42. The molecule has 1 aromatic carbocycles. The van der Waals surface area contributed by atoms with Crippen LogP contribution in [-0.4, -0.2) is 43.7 Å². The van der Waals surface area contributed by atoms with E-state index in [1.165, 1.54) is 6.92 Å². The molecule has 1 fully saturated rings. The Bertz CT molecular complexity index is 813. The monoisotopic (exact) mass is 395 g/mol. The summed E-state index contributed by atoms with van der Waals surface area (Å²) in [7, 11) is -3.05. The summed E-state index contributed by atoms with van der Waals surface area (Å²) >= 11 is 0. The van der Waals surface area contributed by atoms with Crippen LogP contribution in [0.1, 0.15) is 44.0 Å². The summed E-state index contributed by atoms with van der Waals surface area (Å²) in [6.07, 6.45) is -0.521. The summed E-state index contributed by atoms with van der Waals surface area (Å²) in [5.74, 6) is -1.35. The average Bonchev–Trinajstić information content (AvgIpc) is 2.93. The Morgan fingerprint density at radius 1 is 1.15 bits per heavy atom. The fraction of sp³-hybridized carbons (Fsp3) is 0.526. The minimum Gasteiger partial charge on any atom is -0.454 e. The van der Waals surface area contributed by atoms with Crippen LogP contribution in [0.25, 0.3) is 0 Å². The van der Waals surface area contributed by atoms with Crippen LogP contribution in [0.5, 0.6) is 0 Å². The zero-order valence-corrected chi connectivity index (χ0v) is 16.5. The fourth-order valence-electron chi connectivity index (χ4n) is 2.81. The molecule has 0 bridgehead atoms. The van der Waals surface area contributed by atoms with Gasteiger partial charge < -0.3 is 10.1 Å². The Hall–Kier alpha value is -2.22. The quantitative estimate of drug-likeness (QED) is 0.560. The van der Waals surface area contributed by atoms with Gasteiger partial charge in [0.15, 0.2) is 15.9 Å². The molecule has 0 saturated carbocycles. The van der Waals surface area contributed by atoms with Crippen LogP contribution in [0.4, 0.5) is 5.69 Å². The van der Waals surface area contributed by atoms with Gasteiger partial charge >= 0.3 is 5.97 Å². The highest BCUT2D eigenvalue weighted by atomic mass is 32.2. The van der Waals surface area contributed by atoms with Gasteiger partial charge in [-0.3, -0.25) is 14.4 Å². The third kappa shape index (κ3) is 6.16. The molecule has 1 heterocycles. The van der Waals surface area contributed by atoms with Gasteiger partial charge in [-0.25, -0.2) is 8.42 Å². The molecule has 0 unspecified atom stereocenters. The second-order valence-electron chi connectivity index (χ2n) is 7.19. The van der Waals surface area contributed by atoms with Gasteiger partial charge in [-0.2, -0.15) is 0 Å². The van der Waals surface area contributed by atoms with Gasteiger partial charge in [-0.05, 0) is 43.5 Å². The van der Waals surface area contributed by atoms with Gasteiger partial charge in [-0.1, -0.05) is 13.8 Å². The lowest BCUT2D eigenvalue weighted by atomic mass is 10.0. The number of hydrogen-bond donors (Lipinski definition) is 1. The Kier molecular flexibility index (Phi) is 6.75. The number of ether oxygens (including phenoxy) is 1. The Morgan fingerprint density at radius 3 is 2.30 bits per heavy atom. The number of anilines is 1. The standard InChI is InChI=1S/C19H25NO6S/c1-12(2)19(23)20-16-6-4-15(5-7-16)18(22)13(3)26-17(21)10-14-8-9-27(24,25)11-14/h4-7,12-14H,8-11H2,1-3H3,(H,20,23)/t13-,14-/m1/s1. The molecule has 1 aliphatic rings. The molecule has 0 aliphatic carbocycles. The van der Waals surface area contributed by atoms with Crippen molar-refractivity contribution in [1.82, 2.24) is 0 Å². The van der Waals surface area contributed by atoms with Crippen molar-refractivity contribution in [2.75, 3.05) is 16.8 Å². The van der Waals surface area contributed by atoms with E-state index in [0.29, 0.717) is 17.7 Å². The molecule has 0 aromatic heterocycles. The SMILES string of the molecule is CC(C)C(=O)Nc1ccc(C(=O)[C@@H](C)OC(=O)C[C@H]2CCS(=O)(=O)C2)cc1. The number of benzene rings is 1. The van der Waals surface area contributed by atoms with Crippen molar-refractivity contribution in [3.8, 4) is 0 Å². The lowest BCUT2D eigenvalue weighted by Gasteiger charge is -2.14. The van der Waals surface area contributed by atoms with Crippen LogP contribution in [-0.2, 0) is 24.2 Å². The maximum Gasteiger partial charge on any atom is 0.306 e. The number of rotatable bonds is 7. The second kappa shape index (κ2) is 8.65. The summed E-state index contributed by atoms with van der Waals surface area (Å²) < 4.78 is 28.0. The first kappa shape index (κ1) is 21.1. The van der Waals surface area contributed by atoms with Crippen molar-refractivity contribution >= 4 is 33.2 Å². The molecule has 0 spiro atoms. The van der Waals surface area contributed by atoms with Crippen molar-refractivity contribution in [2.24, 2.45) is 11.8 Å². The molecule has 1 aliphatic heterocycles. The van der Waals surface area contributed by atoms with Crippen molar-refractivity contribution in [3.63, 3.8) is 0 Å². The number of amides is 1. The minimum absolute atomic E-state index is 0.00295. The molecule has 148 valence electrons. The van der Waals surface area contributed by atoms with Crippen molar-refractivity contribution in [1.29, 1.82) is 0 Å². The van der Waals surface area contributed by atoms with Crippen LogP contribution in [0.2, 0.25) is 0 Å². The van der Waals surface area contributed by atoms with E-state index in [1.54, 1.807) is 38.1 Å². The minimum atomic E-state index is -3.05. The molecule has 7 nitrogen and oxygen atoms in total. The van der Waals surface area contributed by atoms with Gasteiger partial charge in [0.1, 0.15) is 0 Å². The van der Waals surface area contributed by atoms with Crippen molar-refractivity contribution < 1.29 is 27.5 Å². The van der Waals surface area contributed by atoms with Gasteiger partial charge in [0.05, 0.1) is 11.5 Å². The smallest absolute Gasteiger partial charge is 0.306 e. The van der Waals surface area contributed by atoms with Crippen LogP contribution in [0, 0.1) is 11.8 Å². The summed E-state index contributed by atoms with van der Waals surface area (Å²) in [4.78, 5) is 36.1. The topological polar surface area (TPSA) is 107 Å². The molecular formula is C19H25NO6S. The molecule has 2 atom stereocenters. The van der Waals surface area contributed by atoms with Gasteiger partial charge in [0.25, 0.3) is 0 Å². The molecule has 1 amide bonds.